The minimum atomic E-state index is -3.48. The molecule has 0 unspecified atom stereocenters. The molecule has 0 aliphatic carbocycles. The Kier molecular flexibility index (Phi) is 7.46. The third kappa shape index (κ3) is 5.82. The SMILES string of the molecule is Cn1c(Cc2ccccc2)nnc1SCC(=O)Nc1ccc(S(=O)(=O)N2CCCCC2)cc1. The van der Waals surface area contributed by atoms with E-state index in [4.69, 9.17) is 0 Å². The van der Waals surface area contributed by atoms with Crippen molar-refractivity contribution < 1.29 is 13.2 Å². The van der Waals surface area contributed by atoms with Crippen molar-refractivity contribution in [3.63, 3.8) is 0 Å². The summed E-state index contributed by atoms with van der Waals surface area (Å²) in [5.41, 5.74) is 1.70. The molecule has 0 spiro atoms. The number of benzene rings is 2. The van der Waals surface area contributed by atoms with Crippen molar-refractivity contribution in [1.82, 2.24) is 19.1 Å². The topological polar surface area (TPSA) is 97.2 Å². The Labute approximate surface area is 198 Å². The molecule has 0 bridgehead atoms. The molecular weight excluding hydrogens is 458 g/mol. The van der Waals surface area contributed by atoms with Crippen LogP contribution in [0, 0.1) is 0 Å². The van der Waals surface area contributed by atoms with Crippen molar-refractivity contribution in [1.29, 1.82) is 0 Å². The molecule has 1 aromatic heterocycles. The number of carbonyl (C=O) groups is 1. The van der Waals surface area contributed by atoms with Crippen LogP contribution in [0.5, 0.6) is 0 Å². The Morgan fingerprint density at radius 3 is 2.39 bits per heavy atom. The van der Waals surface area contributed by atoms with Gasteiger partial charge in [0.05, 0.1) is 10.6 Å². The second-order valence-electron chi connectivity index (χ2n) is 7.95. The van der Waals surface area contributed by atoms with Gasteiger partial charge >= 0.3 is 0 Å². The molecule has 0 atom stereocenters. The van der Waals surface area contributed by atoms with Crippen LogP contribution in [0.25, 0.3) is 0 Å². The highest BCUT2D eigenvalue weighted by atomic mass is 32.2. The Hall–Kier alpha value is -2.69. The van der Waals surface area contributed by atoms with Crippen molar-refractivity contribution in [2.75, 3.05) is 24.2 Å². The Morgan fingerprint density at radius 2 is 1.70 bits per heavy atom. The van der Waals surface area contributed by atoms with Gasteiger partial charge in [0.1, 0.15) is 5.82 Å². The molecule has 0 radical (unpaired) electrons. The van der Waals surface area contributed by atoms with E-state index in [1.54, 1.807) is 24.3 Å². The van der Waals surface area contributed by atoms with Crippen LogP contribution in [0.1, 0.15) is 30.7 Å². The molecule has 1 amide bonds. The number of hydrogen-bond donors (Lipinski definition) is 1. The molecule has 1 saturated heterocycles. The van der Waals surface area contributed by atoms with E-state index in [2.05, 4.69) is 15.5 Å². The quantitative estimate of drug-likeness (QED) is 0.492. The lowest BCUT2D eigenvalue weighted by atomic mass is 10.1. The number of anilines is 1. The highest BCUT2D eigenvalue weighted by molar-refractivity contribution is 7.99. The summed E-state index contributed by atoms with van der Waals surface area (Å²) in [6.07, 6.45) is 3.52. The molecule has 33 heavy (non-hydrogen) atoms. The number of nitrogens with zero attached hydrogens (tertiary/aromatic N) is 4. The van der Waals surface area contributed by atoms with Gasteiger partial charge in [-0.1, -0.05) is 48.5 Å². The lowest BCUT2D eigenvalue weighted by Crippen LogP contribution is -2.35. The number of amides is 1. The number of piperidine rings is 1. The standard InChI is InChI=1S/C23H27N5O3S2/c1-27-21(16-18-8-4-2-5-9-18)25-26-23(27)32-17-22(29)24-19-10-12-20(13-11-19)33(30,31)28-14-6-3-7-15-28/h2,4-5,8-13H,3,6-7,14-17H2,1H3,(H,24,29). The minimum absolute atomic E-state index is 0.172. The van der Waals surface area contributed by atoms with E-state index in [1.807, 2.05) is 41.9 Å². The fraction of sp³-hybridized carbons (Fsp3) is 0.348. The van der Waals surface area contributed by atoms with Gasteiger partial charge in [0.25, 0.3) is 0 Å². The predicted molar refractivity (Wildman–Crippen MR) is 129 cm³/mol. The molecule has 1 aliphatic heterocycles. The zero-order valence-electron chi connectivity index (χ0n) is 18.5. The van der Waals surface area contributed by atoms with Crippen LogP contribution in [0.2, 0.25) is 0 Å². The van der Waals surface area contributed by atoms with Crippen molar-refractivity contribution in [3.8, 4) is 0 Å². The molecule has 8 nitrogen and oxygen atoms in total. The van der Waals surface area contributed by atoms with E-state index in [0.717, 1.165) is 30.7 Å². The number of carbonyl (C=O) groups excluding carboxylic acids is 1. The summed E-state index contributed by atoms with van der Waals surface area (Å²) in [4.78, 5) is 12.7. The molecule has 1 fully saturated rings. The van der Waals surface area contributed by atoms with Gasteiger partial charge in [-0.05, 0) is 42.7 Å². The third-order valence-electron chi connectivity index (χ3n) is 5.55. The van der Waals surface area contributed by atoms with Crippen LogP contribution < -0.4 is 5.32 Å². The van der Waals surface area contributed by atoms with Crippen molar-refractivity contribution >= 4 is 33.4 Å². The average Bonchev–Trinajstić information content (AvgIpc) is 3.18. The molecule has 174 valence electrons. The van der Waals surface area contributed by atoms with Crippen LogP contribution in [-0.2, 0) is 28.3 Å². The summed E-state index contributed by atoms with van der Waals surface area (Å²) in [6.45, 7) is 1.13. The summed E-state index contributed by atoms with van der Waals surface area (Å²) < 4.78 is 28.9. The summed E-state index contributed by atoms with van der Waals surface area (Å²) >= 11 is 1.31. The van der Waals surface area contributed by atoms with Crippen LogP contribution in [-0.4, -0.2) is 52.2 Å². The Balaban J connectivity index is 1.31. The van der Waals surface area contributed by atoms with Gasteiger partial charge in [-0.25, -0.2) is 8.42 Å². The molecular formula is C23H27N5O3S2. The maximum atomic E-state index is 12.7. The normalized spacial score (nSPS) is 14.8. The van der Waals surface area contributed by atoms with Crippen molar-refractivity contribution in [3.05, 3.63) is 66.0 Å². The van der Waals surface area contributed by atoms with E-state index < -0.39 is 10.0 Å². The van der Waals surface area contributed by atoms with Crippen LogP contribution in [0.15, 0.2) is 64.6 Å². The average molecular weight is 486 g/mol. The maximum Gasteiger partial charge on any atom is 0.243 e. The number of thioether (sulfide) groups is 1. The van der Waals surface area contributed by atoms with E-state index in [0.29, 0.717) is 30.4 Å². The first-order valence-electron chi connectivity index (χ1n) is 10.9. The smallest absolute Gasteiger partial charge is 0.243 e. The number of aromatic nitrogens is 3. The minimum Gasteiger partial charge on any atom is -0.325 e. The summed E-state index contributed by atoms with van der Waals surface area (Å²) in [6, 6.07) is 16.4. The van der Waals surface area contributed by atoms with Gasteiger partial charge in [-0.3, -0.25) is 4.79 Å². The van der Waals surface area contributed by atoms with Crippen LogP contribution in [0.3, 0.4) is 0 Å². The molecule has 0 saturated carbocycles. The highest BCUT2D eigenvalue weighted by Crippen LogP contribution is 2.22. The zero-order chi connectivity index (χ0) is 23.3. The maximum absolute atomic E-state index is 12.7. The highest BCUT2D eigenvalue weighted by Gasteiger charge is 2.25. The zero-order valence-corrected chi connectivity index (χ0v) is 20.1. The second-order valence-corrected chi connectivity index (χ2v) is 10.8. The van der Waals surface area contributed by atoms with Gasteiger partial charge in [0, 0.05) is 32.2 Å². The van der Waals surface area contributed by atoms with Gasteiger partial charge in [-0.2, -0.15) is 4.31 Å². The monoisotopic (exact) mass is 485 g/mol. The molecule has 1 N–H and O–H groups in total. The van der Waals surface area contributed by atoms with E-state index in [9.17, 15) is 13.2 Å². The van der Waals surface area contributed by atoms with Crippen molar-refractivity contribution in [2.45, 2.75) is 35.7 Å². The molecule has 10 heteroatoms. The largest absolute Gasteiger partial charge is 0.325 e. The Bertz CT molecular complexity index is 1190. The Morgan fingerprint density at radius 1 is 1.00 bits per heavy atom. The summed E-state index contributed by atoms with van der Waals surface area (Å²) in [5, 5.41) is 11.9. The van der Waals surface area contributed by atoms with E-state index >= 15 is 0 Å². The molecule has 2 aromatic carbocycles. The lowest BCUT2D eigenvalue weighted by Gasteiger charge is -2.25. The molecule has 4 rings (SSSR count). The lowest BCUT2D eigenvalue weighted by molar-refractivity contribution is -0.113. The van der Waals surface area contributed by atoms with Crippen LogP contribution >= 0.6 is 11.8 Å². The number of hydrogen-bond acceptors (Lipinski definition) is 6. The summed E-state index contributed by atoms with van der Waals surface area (Å²) in [7, 11) is -1.59. The number of rotatable bonds is 8. The molecule has 1 aliphatic rings. The predicted octanol–water partition coefficient (Wildman–Crippen LogP) is 3.31. The van der Waals surface area contributed by atoms with E-state index in [-0.39, 0.29) is 16.6 Å². The molecule has 2 heterocycles. The van der Waals surface area contributed by atoms with E-state index in [1.165, 1.54) is 16.1 Å². The summed E-state index contributed by atoms with van der Waals surface area (Å²) in [5.74, 6) is 0.805. The molecule has 3 aromatic rings. The van der Waals surface area contributed by atoms with Gasteiger partial charge < -0.3 is 9.88 Å². The third-order valence-corrected chi connectivity index (χ3v) is 8.49. The fourth-order valence-electron chi connectivity index (χ4n) is 3.69. The number of nitrogens with one attached hydrogen (secondary N) is 1. The second kappa shape index (κ2) is 10.5. The first-order valence-corrected chi connectivity index (χ1v) is 13.3. The first-order chi connectivity index (χ1) is 15.9. The fourth-order valence-corrected chi connectivity index (χ4v) is 5.94. The van der Waals surface area contributed by atoms with Crippen LogP contribution in [0.4, 0.5) is 5.69 Å². The number of sulfonamides is 1. The van der Waals surface area contributed by atoms with Crippen molar-refractivity contribution in [2.24, 2.45) is 7.05 Å². The first kappa shape index (κ1) is 23.5. The van der Waals surface area contributed by atoms with Gasteiger partial charge in [-0.15, -0.1) is 10.2 Å². The van der Waals surface area contributed by atoms with Gasteiger partial charge in [0.15, 0.2) is 5.16 Å². The van der Waals surface area contributed by atoms with Gasteiger partial charge in [0.2, 0.25) is 15.9 Å².